The molecule has 0 aliphatic rings. The van der Waals surface area contributed by atoms with Crippen molar-refractivity contribution < 1.29 is 8.81 Å². The van der Waals surface area contributed by atoms with Gasteiger partial charge >= 0.3 is 0 Å². The molecular weight excluding hydrogens is 308 g/mol. The summed E-state index contributed by atoms with van der Waals surface area (Å²) in [6.45, 7) is 4.64. The predicted molar refractivity (Wildman–Crippen MR) is 70.9 cm³/mol. The molecule has 5 heteroatoms. The van der Waals surface area contributed by atoms with Crippen LogP contribution in [0.5, 0.6) is 0 Å². The summed E-state index contributed by atoms with van der Waals surface area (Å²) in [5.74, 6) is 0.250. The number of hydrogen-bond donors (Lipinski definition) is 1. The fourth-order valence-corrected chi connectivity index (χ4v) is 2.41. The number of fused-ring (bicyclic) bond motifs is 1. The van der Waals surface area contributed by atoms with Crippen LogP contribution < -0.4 is 5.32 Å². The lowest BCUT2D eigenvalue weighted by Gasteiger charge is -2.04. The molecule has 0 unspecified atom stereocenters. The Hall–Kier alpha value is -0.580. The van der Waals surface area contributed by atoms with Crippen molar-refractivity contribution in [3.05, 3.63) is 33.2 Å². The van der Waals surface area contributed by atoms with Crippen LogP contribution in [0.15, 0.2) is 21.0 Å². The van der Waals surface area contributed by atoms with Gasteiger partial charge in [-0.2, -0.15) is 0 Å². The maximum Gasteiger partial charge on any atom is 0.152 e. The second kappa shape index (κ2) is 4.96. The summed E-state index contributed by atoms with van der Waals surface area (Å²) in [6, 6.07) is 3.53. The average Bonchev–Trinajstić information content (AvgIpc) is 2.68. The number of furan rings is 1. The third-order valence-corrected chi connectivity index (χ3v) is 3.25. The summed E-state index contributed by atoms with van der Waals surface area (Å²) in [4.78, 5) is 0. The highest BCUT2D eigenvalue weighted by atomic mass is 79.9. The van der Waals surface area contributed by atoms with Gasteiger partial charge in [-0.1, -0.05) is 25.4 Å². The summed E-state index contributed by atoms with van der Waals surface area (Å²) < 4.78 is 20.0. The van der Waals surface area contributed by atoms with Crippen molar-refractivity contribution in [2.24, 2.45) is 0 Å². The normalized spacial score (nSPS) is 11.6. The fraction of sp³-hybridized carbons (Fsp3) is 0.333. The molecule has 0 atom stereocenters. The van der Waals surface area contributed by atoms with Crippen molar-refractivity contribution in [3.8, 4) is 0 Å². The second-order valence-electron chi connectivity index (χ2n) is 4.15. The first kappa shape index (κ1) is 12.9. The van der Waals surface area contributed by atoms with Gasteiger partial charge in [-0.3, -0.25) is 0 Å². The first-order valence-electron chi connectivity index (χ1n) is 5.28. The van der Waals surface area contributed by atoms with E-state index >= 15 is 0 Å². The van der Waals surface area contributed by atoms with Crippen molar-refractivity contribution in [1.29, 1.82) is 0 Å². The molecule has 0 aliphatic heterocycles. The van der Waals surface area contributed by atoms with Gasteiger partial charge in [0.1, 0.15) is 5.76 Å². The Morgan fingerprint density at radius 3 is 2.82 bits per heavy atom. The molecule has 1 N–H and O–H groups in total. The second-order valence-corrected chi connectivity index (χ2v) is 5.41. The number of nitrogens with one attached hydrogen (secondary N) is 1. The molecule has 0 bridgehead atoms. The molecule has 0 amide bonds. The summed E-state index contributed by atoms with van der Waals surface area (Å²) >= 11 is 9.08. The number of hydrogen-bond acceptors (Lipinski definition) is 2. The van der Waals surface area contributed by atoms with E-state index in [1.807, 2.05) is 13.8 Å². The smallest absolute Gasteiger partial charge is 0.152 e. The van der Waals surface area contributed by atoms with Crippen LogP contribution in [0.3, 0.4) is 0 Å². The molecule has 17 heavy (non-hydrogen) atoms. The van der Waals surface area contributed by atoms with Gasteiger partial charge in [0.05, 0.1) is 21.4 Å². The summed E-state index contributed by atoms with van der Waals surface area (Å²) in [5.41, 5.74) is 0.493. The lowest BCUT2D eigenvalue weighted by Crippen LogP contribution is -2.21. The van der Waals surface area contributed by atoms with Gasteiger partial charge < -0.3 is 9.73 Å². The molecule has 0 saturated carbocycles. The Labute approximate surface area is 112 Å². The van der Waals surface area contributed by atoms with E-state index in [2.05, 4.69) is 21.2 Å². The van der Waals surface area contributed by atoms with Gasteiger partial charge in [0.15, 0.2) is 11.4 Å². The van der Waals surface area contributed by atoms with E-state index in [9.17, 15) is 4.39 Å². The molecule has 1 aromatic heterocycles. The lowest BCUT2D eigenvalue weighted by atomic mass is 10.2. The molecule has 0 radical (unpaired) electrons. The van der Waals surface area contributed by atoms with Crippen LogP contribution in [0.25, 0.3) is 11.0 Å². The molecule has 2 nitrogen and oxygen atoms in total. The van der Waals surface area contributed by atoms with Gasteiger partial charge in [0, 0.05) is 6.04 Å². The van der Waals surface area contributed by atoms with Crippen molar-refractivity contribution in [2.75, 3.05) is 0 Å². The van der Waals surface area contributed by atoms with E-state index in [-0.39, 0.29) is 5.02 Å². The number of halogens is 3. The van der Waals surface area contributed by atoms with Crippen molar-refractivity contribution in [3.63, 3.8) is 0 Å². The van der Waals surface area contributed by atoms with E-state index in [1.165, 1.54) is 6.07 Å². The Bertz CT molecular complexity index is 553. The molecule has 0 saturated heterocycles. The minimum Gasteiger partial charge on any atom is -0.458 e. The maximum atomic E-state index is 13.8. The van der Waals surface area contributed by atoms with Crippen LogP contribution in [0, 0.1) is 5.82 Å². The Kier molecular flexibility index (Phi) is 3.76. The van der Waals surface area contributed by atoms with Crippen LogP contribution in [0.2, 0.25) is 5.02 Å². The van der Waals surface area contributed by atoms with E-state index in [1.54, 1.807) is 6.07 Å². The highest BCUT2D eigenvalue weighted by Crippen LogP contribution is 2.33. The van der Waals surface area contributed by atoms with Gasteiger partial charge in [-0.05, 0) is 28.1 Å². The number of rotatable bonds is 3. The quantitative estimate of drug-likeness (QED) is 0.843. The van der Waals surface area contributed by atoms with Crippen LogP contribution in [-0.4, -0.2) is 6.04 Å². The summed E-state index contributed by atoms with van der Waals surface area (Å²) in [7, 11) is 0. The van der Waals surface area contributed by atoms with Gasteiger partial charge in [0.25, 0.3) is 0 Å². The van der Waals surface area contributed by atoms with Crippen LogP contribution in [-0.2, 0) is 6.54 Å². The lowest BCUT2D eigenvalue weighted by molar-refractivity contribution is 0.487. The van der Waals surface area contributed by atoms with E-state index in [0.29, 0.717) is 33.8 Å². The van der Waals surface area contributed by atoms with Crippen LogP contribution >= 0.6 is 27.5 Å². The highest BCUT2D eigenvalue weighted by molar-refractivity contribution is 9.10. The van der Waals surface area contributed by atoms with E-state index in [0.717, 1.165) is 0 Å². The van der Waals surface area contributed by atoms with Gasteiger partial charge in [-0.15, -0.1) is 0 Å². The molecule has 1 heterocycles. The van der Waals surface area contributed by atoms with E-state index in [4.69, 9.17) is 16.0 Å². The third kappa shape index (κ3) is 2.64. The standard InChI is InChI=1S/C12H12BrClFNO/c1-6(2)16-5-7-3-8-11(15)10(14)4-9(13)12(8)17-7/h3-4,6,16H,5H2,1-2H3. The highest BCUT2D eigenvalue weighted by Gasteiger charge is 2.14. The van der Waals surface area contributed by atoms with Gasteiger partial charge in [0.2, 0.25) is 0 Å². The molecule has 0 spiro atoms. The first-order chi connectivity index (χ1) is 7.99. The predicted octanol–water partition coefficient (Wildman–Crippen LogP) is 4.49. The zero-order valence-corrected chi connectivity index (χ0v) is 11.8. The zero-order chi connectivity index (χ0) is 12.6. The molecule has 1 aromatic carbocycles. The Morgan fingerprint density at radius 1 is 1.47 bits per heavy atom. The van der Waals surface area contributed by atoms with Crippen LogP contribution in [0.4, 0.5) is 4.39 Å². The third-order valence-electron chi connectivity index (χ3n) is 2.38. The van der Waals surface area contributed by atoms with Crippen molar-refractivity contribution >= 4 is 38.5 Å². The molecule has 2 rings (SSSR count). The minimum atomic E-state index is -0.440. The summed E-state index contributed by atoms with van der Waals surface area (Å²) in [5, 5.41) is 3.71. The van der Waals surface area contributed by atoms with Crippen LogP contribution in [0.1, 0.15) is 19.6 Å². The SMILES string of the molecule is CC(C)NCc1cc2c(F)c(Cl)cc(Br)c2o1. The first-order valence-corrected chi connectivity index (χ1v) is 6.45. The molecule has 0 aliphatic carbocycles. The van der Waals surface area contributed by atoms with Crippen molar-refractivity contribution in [2.45, 2.75) is 26.4 Å². The van der Waals surface area contributed by atoms with E-state index < -0.39 is 5.82 Å². The zero-order valence-electron chi connectivity index (χ0n) is 9.48. The fourth-order valence-electron chi connectivity index (χ4n) is 1.54. The molecule has 2 aromatic rings. The topological polar surface area (TPSA) is 25.2 Å². The van der Waals surface area contributed by atoms with Crippen molar-refractivity contribution in [1.82, 2.24) is 5.32 Å². The van der Waals surface area contributed by atoms with Gasteiger partial charge in [-0.25, -0.2) is 4.39 Å². The largest absolute Gasteiger partial charge is 0.458 e. The summed E-state index contributed by atoms with van der Waals surface area (Å²) in [6.07, 6.45) is 0. The monoisotopic (exact) mass is 319 g/mol. The Morgan fingerprint density at radius 2 is 2.18 bits per heavy atom. The molecule has 0 fully saturated rings. The molecular formula is C12H12BrClFNO. The maximum absolute atomic E-state index is 13.8. The minimum absolute atomic E-state index is 0.0912. The molecule has 92 valence electrons. The Balaban J connectivity index is 2.43. The average molecular weight is 321 g/mol. The number of benzene rings is 1.